The first-order chi connectivity index (χ1) is 8.69. The monoisotopic (exact) mass is 246 g/mol. The fourth-order valence-electron chi connectivity index (χ4n) is 1.47. The van der Waals surface area contributed by atoms with Gasteiger partial charge in [0.2, 0.25) is 5.95 Å². The van der Waals surface area contributed by atoms with E-state index >= 15 is 0 Å². The van der Waals surface area contributed by atoms with E-state index in [1.165, 1.54) is 12.1 Å². The molecule has 4 nitrogen and oxygen atoms in total. The van der Waals surface area contributed by atoms with Gasteiger partial charge in [-0.2, -0.15) is 0 Å². The van der Waals surface area contributed by atoms with Crippen molar-refractivity contribution in [2.75, 3.05) is 11.9 Å². The molecule has 1 aromatic carbocycles. The third kappa shape index (κ3) is 3.01. The van der Waals surface area contributed by atoms with Crippen molar-refractivity contribution in [3.63, 3.8) is 0 Å². The molecule has 1 unspecified atom stereocenters. The maximum absolute atomic E-state index is 12.8. The molecule has 0 bridgehead atoms. The average Bonchev–Trinajstić information content (AvgIpc) is 2.40. The summed E-state index contributed by atoms with van der Waals surface area (Å²) in [4.78, 5) is 8.39. The van der Waals surface area contributed by atoms with E-state index in [1.54, 1.807) is 24.5 Å². The highest BCUT2D eigenvalue weighted by Gasteiger charge is 2.03. The zero-order valence-corrected chi connectivity index (χ0v) is 10.1. The molecule has 0 saturated heterocycles. The Bertz CT molecular complexity index is 495. The SMILES string of the molecule is CC(CN)Nc1ncc(-c2ccc(F)cc2)cn1. The van der Waals surface area contributed by atoms with Gasteiger partial charge < -0.3 is 11.1 Å². The first-order valence-corrected chi connectivity index (χ1v) is 5.73. The molecule has 1 atom stereocenters. The van der Waals surface area contributed by atoms with Crippen molar-refractivity contribution in [2.45, 2.75) is 13.0 Å². The van der Waals surface area contributed by atoms with Crippen molar-refractivity contribution in [3.05, 3.63) is 42.5 Å². The Balaban J connectivity index is 2.14. The number of nitrogens with zero attached hydrogens (tertiary/aromatic N) is 2. The molecule has 1 heterocycles. The van der Waals surface area contributed by atoms with Crippen LogP contribution in [0.4, 0.5) is 10.3 Å². The van der Waals surface area contributed by atoms with Gasteiger partial charge >= 0.3 is 0 Å². The van der Waals surface area contributed by atoms with Crippen molar-refractivity contribution >= 4 is 5.95 Å². The Morgan fingerprint density at radius 3 is 2.33 bits per heavy atom. The Labute approximate surface area is 105 Å². The maximum Gasteiger partial charge on any atom is 0.222 e. The van der Waals surface area contributed by atoms with E-state index in [1.807, 2.05) is 6.92 Å². The van der Waals surface area contributed by atoms with Crippen LogP contribution in [-0.4, -0.2) is 22.6 Å². The second-order valence-corrected chi connectivity index (χ2v) is 4.08. The van der Waals surface area contributed by atoms with Crippen LogP contribution in [0.3, 0.4) is 0 Å². The van der Waals surface area contributed by atoms with Gasteiger partial charge in [0, 0.05) is 30.5 Å². The third-order valence-electron chi connectivity index (χ3n) is 2.56. The predicted molar refractivity (Wildman–Crippen MR) is 69.6 cm³/mol. The average molecular weight is 246 g/mol. The summed E-state index contributed by atoms with van der Waals surface area (Å²) in [5.74, 6) is 0.286. The van der Waals surface area contributed by atoms with Crippen molar-refractivity contribution < 1.29 is 4.39 Å². The minimum absolute atomic E-state index is 0.127. The fourth-order valence-corrected chi connectivity index (χ4v) is 1.47. The largest absolute Gasteiger partial charge is 0.351 e. The minimum atomic E-state index is -0.255. The first-order valence-electron chi connectivity index (χ1n) is 5.73. The highest BCUT2D eigenvalue weighted by Crippen LogP contribution is 2.18. The first kappa shape index (κ1) is 12.4. The lowest BCUT2D eigenvalue weighted by atomic mass is 10.1. The van der Waals surface area contributed by atoms with Crippen LogP contribution >= 0.6 is 0 Å². The fraction of sp³-hybridized carbons (Fsp3) is 0.231. The van der Waals surface area contributed by atoms with E-state index in [9.17, 15) is 4.39 Å². The molecule has 0 saturated carbocycles. The third-order valence-corrected chi connectivity index (χ3v) is 2.56. The van der Waals surface area contributed by atoms with Crippen molar-refractivity contribution in [1.29, 1.82) is 0 Å². The maximum atomic E-state index is 12.8. The number of aromatic nitrogens is 2. The highest BCUT2D eigenvalue weighted by molar-refractivity contribution is 5.61. The molecule has 0 spiro atoms. The van der Waals surface area contributed by atoms with Crippen LogP contribution in [0, 0.1) is 5.82 Å². The van der Waals surface area contributed by atoms with Gasteiger partial charge in [0.1, 0.15) is 5.82 Å². The zero-order valence-electron chi connectivity index (χ0n) is 10.1. The van der Waals surface area contributed by atoms with Crippen LogP contribution in [0.2, 0.25) is 0 Å². The number of anilines is 1. The van der Waals surface area contributed by atoms with Crippen molar-refractivity contribution in [1.82, 2.24) is 9.97 Å². The molecular formula is C13H15FN4. The molecule has 2 rings (SSSR count). The van der Waals surface area contributed by atoms with Crippen LogP contribution < -0.4 is 11.1 Å². The second-order valence-electron chi connectivity index (χ2n) is 4.08. The number of hydrogen-bond donors (Lipinski definition) is 2. The van der Waals surface area contributed by atoms with E-state index in [4.69, 9.17) is 5.73 Å². The van der Waals surface area contributed by atoms with Crippen LogP contribution in [-0.2, 0) is 0 Å². The normalized spacial score (nSPS) is 12.2. The van der Waals surface area contributed by atoms with Crippen LogP contribution in [0.5, 0.6) is 0 Å². The van der Waals surface area contributed by atoms with Crippen molar-refractivity contribution in [2.24, 2.45) is 5.73 Å². The second kappa shape index (κ2) is 5.55. The van der Waals surface area contributed by atoms with Gasteiger partial charge in [-0.1, -0.05) is 12.1 Å². The summed E-state index contributed by atoms with van der Waals surface area (Å²) in [6, 6.07) is 6.35. The molecule has 0 aliphatic rings. The lowest BCUT2D eigenvalue weighted by Crippen LogP contribution is -2.26. The Hall–Kier alpha value is -2.01. The lowest BCUT2D eigenvalue weighted by Gasteiger charge is -2.10. The summed E-state index contributed by atoms with van der Waals surface area (Å²) >= 11 is 0. The van der Waals surface area contributed by atoms with Gasteiger partial charge in [-0.05, 0) is 24.6 Å². The quantitative estimate of drug-likeness (QED) is 0.866. The number of halogens is 1. The van der Waals surface area contributed by atoms with E-state index in [-0.39, 0.29) is 11.9 Å². The molecule has 2 aromatic rings. The Kier molecular flexibility index (Phi) is 3.84. The summed E-state index contributed by atoms with van der Waals surface area (Å²) in [6.07, 6.45) is 3.40. The number of hydrogen-bond acceptors (Lipinski definition) is 4. The lowest BCUT2D eigenvalue weighted by molar-refractivity contribution is 0.628. The van der Waals surface area contributed by atoms with E-state index in [2.05, 4.69) is 15.3 Å². The molecule has 0 aliphatic heterocycles. The van der Waals surface area contributed by atoms with Gasteiger partial charge in [-0.15, -0.1) is 0 Å². The molecule has 0 fully saturated rings. The zero-order chi connectivity index (χ0) is 13.0. The Morgan fingerprint density at radius 2 is 1.78 bits per heavy atom. The van der Waals surface area contributed by atoms with E-state index < -0.39 is 0 Å². The summed E-state index contributed by atoms with van der Waals surface area (Å²) in [7, 11) is 0. The Morgan fingerprint density at radius 1 is 1.17 bits per heavy atom. The number of nitrogens with two attached hydrogens (primary N) is 1. The predicted octanol–water partition coefficient (Wildman–Crippen LogP) is 2.04. The summed E-state index contributed by atoms with van der Waals surface area (Å²) < 4.78 is 12.8. The van der Waals surface area contributed by atoms with Crippen LogP contribution in [0.25, 0.3) is 11.1 Å². The number of nitrogens with one attached hydrogen (secondary N) is 1. The molecule has 5 heteroatoms. The standard InChI is InChI=1S/C13H15FN4/c1-9(6-15)18-13-16-7-11(8-17-13)10-2-4-12(14)5-3-10/h2-5,7-9H,6,15H2,1H3,(H,16,17,18). The summed E-state index contributed by atoms with van der Waals surface area (Å²) in [5.41, 5.74) is 7.23. The molecule has 18 heavy (non-hydrogen) atoms. The van der Waals surface area contributed by atoms with Gasteiger partial charge in [0.05, 0.1) is 0 Å². The van der Waals surface area contributed by atoms with E-state index in [0.717, 1.165) is 11.1 Å². The number of rotatable bonds is 4. The smallest absolute Gasteiger partial charge is 0.222 e. The van der Waals surface area contributed by atoms with Gasteiger partial charge in [-0.25, -0.2) is 14.4 Å². The summed E-state index contributed by atoms with van der Waals surface area (Å²) in [6.45, 7) is 2.47. The van der Waals surface area contributed by atoms with Gasteiger partial charge in [0.25, 0.3) is 0 Å². The van der Waals surface area contributed by atoms with Crippen LogP contribution in [0.15, 0.2) is 36.7 Å². The topological polar surface area (TPSA) is 63.8 Å². The summed E-state index contributed by atoms with van der Waals surface area (Å²) in [5, 5.41) is 3.07. The molecule has 3 N–H and O–H groups in total. The molecule has 94 valence electrons. The molecule has 0 radical (unpaired) electrons. The van der Waals surface area contributed by atoms with Crippen LogP contribution in [0.1, 0.15) is 6.92 Å². The molecular weight excluding hydrogens is 231 g/mol. The highest BCUT2D eigenvalue weighted by atomic mass is 19.1. The minimum Gasteiger partial charge on any atom is -0.351 e. The molecule has 0 aliphatic carbocycles. The van der Waals surface area contributed by atoms with Gasteiger partial charge in [0.15, 0.2) is 0 Å². The number of benzene rings is 1. The molecule has 1 aromatic heterocycles. The van der Waals surface area contributed by atoms with Gasteiger partial charge in [-0.3, -0.25) is 0 Å². The molecule has 0 amide bonds. The van der Waals surface area contributed by atoms with Crippen molar-refractivity contribution in [3.8, 4) is 11.1 Å². The van der Waals surface area contributed by atoms with E-state index in [0.29, 0.717) is 12.5 Å².